The summed E-state index contributed by atoms with van der Waals surface area (Å²) in [5.74, 6) is 0.911. The van der Waals surface area contributed by atoms with Crippen LogP contribution >= 0.6 is 0 Å². The molecule has 0 spiro atoms. The molecule has 24 heavy (non-hydrogen) atoms. The van der Waals surface area contributed by atoms with E-state index in [9.17, 15) is 4.79 Å². The van der Waals surface area contributed by atoms with Crippen LogP contribution in [0.2, 0.25) is 0 Å². The molecule has 4 nitrogen and oxygen atoms in total. The van der Waals surface area contributed by atoms with E-state index in [4.69, 9.17) is 0 Å². The Labute approximate surface area is 141 Å². The van der Waals surface area contributed by atoms with Gasteiger partial charge < -0.3 is 5.32 Å². The number of hydrogen-bond donors (Lipinski definition) is 1. The van der Waals surface area contributed by atoms with E-state index in [2.05, 4.69) is 59.0 Å². The molecule has 1 amide bonds. The molecule has 3 aromatic rings. The van der Waals surface area contributed by atoms with Crippen LogP contribution < -0.4 is 5.32 Å². The van der Waals surface area contributed by atoms with E-state index in [-0.39, 0.29) is 5.91 Å². The summed E-state index contributed by atoms with van der Waals surface area (Å²) in [7, 11) is 0. The first-order valence-corrected chi connectivity index (χ1v) is 8.16. The SMILES string of the molecule is Cc1cccc(C)c1-c1nccn1-c1ccc2c(c1)C(=O)NCC2. The van der Waals surface area contributed by atoms with Gasteiger partial charge in [-0.05, 0) is 49.1 Å². The predicted molar refractivity (Wildman–Crippen MR) is 94.5 cm³/mol. The molecule has 1 aliphatic rings. The molecule has 0 atom stereocenters. The van der Waals surface area contributed by atoms with Crippen LogP contribution in [0, 0.1) is 13.8 Å². The number of aryl methyl sites for hydroxylation is 2. The molecule has 0 fully saturated rings. The highest BCUT2D eigenvalue weighted by Gasteiger charge is 2.18. The minimum atomic E-state index is 0.00633. The van der Waals surface area contributed by atoms with Crippen LogP contribution in [-0.4, -0.2) is 22.0 Å². The van der Waals surface area contributed by atoms with Crippen LogP contribution in [0.3, 0.4) is 0 Å². The number of aromatic nitrogens is 2. The van der Waals surface area contributed by atoms with Gasteiger partial charge in [-0.1, -0.05) is 24.3 Å². The average molecular weight is 317 g/mol. The van der Waals surface area contributed by atoms with Gasteiger partial charge in [0.15, 0.2) is 0 Å². The van der Waals surface area contributed by atoms with Crippen molar-refractivity contribution in [1.82, 2.24) is 14.9 Å². The number of nitrogens with one attached hydrogen (secondary N) is 1. The molecule has 0 bridgehead atoms. The van der Waals surface area contributed by atoms with Gasteiger partial charge in [-0.3, -0.25) is 9.36 Å². The summed E-state index contributed by atoms with van der Waals surface area (Å²) in [6, 6.07) is 12.3. The third-order valence-corrected chi connectivity index (χ3v) is 4.64. The van der Waals surface area contributed by atoms with E-state index in [0.717, 1.165) is 34.6 Å². The van der Waals surface area contributed by atoms with Crippen LogP contribution in [0.25, 0.3) is 17.1 Å². The second-order valence-electron chi connectivity index (χ2n) is 6.24. The maximum absolute atomic E-state index is 12.1. The van der Waals surface area contributed by atoms with Gasteiger partial charge in [0.2, 0.25) is 0 Å². The predicted octanol–water partition coefficient (Wildman–Crippen LogP) is 3.44. The smallest absolute Gasteiger partial charge is 0.251 e. The van der Waals surface area contributed by atoms with Gasteiger partial charge in [-0.15, -0.1) is 0 Å². The van der Waals surface area contributed by atoms with E-state index in [1.54, 1.807) is 6.20 Å². The first kappa shape index (κ1) is 14.7. The monoisotopic (exact) mass is 317 g/mol. The lowest BCUT2D eigenvalue weighted by Gasteiger charge is -2.18. The second-order valence-corrected chi connectivity index (χ2v) is 6.24. The summed E-state index contributed by atoms with van der Waals surface area (Å²) >= 11 is 0. The molecule has 2 aromatic carbocycles. The standard InChI is InChI=1S/C20H19N3O/c1-13-4-3-5-14(2)18(13)19-21-10-11-23(19)16-7-6-15-8-9-22-20(24)17(15)12-16/h3-7,10-12H,8-9H2,1-2H3,(H,22,24). The number of carbonyl (C=O) groups excluding carboxylic acids is 1. The highest BCUT2D eigenvalue weighted by atomic mass is 16.1. The molecule has 0 unspecified atom stereocenters. The Morgan fingerprint density at radius 2 is 1.92 bits per heavy atom. The zero-order valence-electron chi connectivity index (χ0n) is 13.8. The van der Waals surface area contributed by atoms with Gasteiger partial charge >= 0.3 is 0 Å². The molecular weight excluding hydrogens is 298 g/mol. The highest BCUT2D eigenvalue weighted by Crippen LogP contribution is 2.28. The van der Waals surface area contributed by atoms with Crippen molar-refractivity contribution in [3.63, 3.8) is 0 Å². The summed E-state index contributed by atoms with van der Waals surface area (Å²) < 4.78 is 2.05. The molecule has 4 heteroatoms. The summed E-state index contributed by atoms with van der Waals surface area (Å²) in [5, 5.41) is 2.91. The normalized spacial score (nSPS) is 13.5. The van der Waals surface area contributed by atoms with E-state index >= 15 is 0 Å². The Kier molecular flexibility index (Phi) is 3.45. The van der Waals surface area contributed by atoms with E-state index < -0.39 is 0 Å². The van der Waals surface area contributed by atoms with Crippen molar-refractivity contribution >= 4 is 5.91 Å². The second kappa shape index (κ2) is 5.64. The van der Waals surface area contributed by atoms with Crippen molar-refractivity contribution in [2.45, 2.75) is 20.3 Å². The van der Waals surface area contributed by atoms with Gasteiger partial charge in [0.05, 0.1) is 0 Å². The summed E-state index contributed by atoms with van der Waals surface area (Å²) in [6.45, 7) is 4.91. The van der Waals surface area contributed by atoms with Gasteiger partial charge in [0.25, 0.3) is 5.91 Å². The van der Waals surface area contributed by atoms with E-state index in [1.165, 1.54) is 11.1 Å². The minimum Gasteiger partial charge on any atom is -0.352 e. The lowest BCUT2D eigenvalue weighted by atomic mass is 9.99. The Morgan fingerprint density at radius 3 is 2.71 bits per heavy atom. The fourth-order valence-electron chi connectivity index (χ4n) is 3.41. The van der Waals surface area contributed by atoms with Crippen molar-refractivity contribution in [1.29, 1.82) is 0 Å². The topological polar surface area (TPSA) is 46.9 Å². The molecule has 4 rings (SSSR count). The lowest BCUT2D eigenvalue weighted by Crippen LogP contribution is -2.31. The fourth-order valence-corrected chi connectivity index (χ4v) is 3.41. The number of amides is 1. The van der Waals surface area contributed by atoms with Gasteiger partial charge in [0.1, 0.15) is 5.82 Å². The lowest BCUT2D eigenvalue weighted by molar-refractivity contribution is 0.0946. The Bertz CT molecular complexity index is 920. The molecule has 0 radical (unpaired) electrons. The largest absolute Gasteiger partial charge is 0.352 e. The number of hydrogen-bond acceptors (Lipinski definition) is 2. The Morgan fingerprint density at radius 1 is 1.12 bits per heavy atom. The molecule has 2 heterocycles. The average Bonchev–Trinajstić information content (AvgIpc) is 3.04. The molecule has 1 N–H and O–H groups in total. The number of nitrogens with zero attached hydrogens (tertiary/aromatic N) is 2. The van der Waals surface area contributed by atoms with Crippen molar-refractivity contribution in [2.75, 3.05) is 6.54 Å². The van der Waals surface area contributed by atoms with Crippen LogP contribution in [-0.2, 0) is 6.42 Å². The number of imidazole rings is 1. The molecule has 1 aliphatic heterocycles. The Hall–Kier alpha value is -2.88. The summed E-state index contributed by atoms with van der Waals surface area (Å²) in [6.07, 6.45) is 4.64. The van der Waals surface area contributed by atoms with Crippen molar-refractivity contribution in [2.24, 2.45) is 0 Å². The molecule has 0 saturated carbocycles. The molecular formula is C20H19N3O. The van der Waals surface area contributed by atoms with Crippen LogP contribution in [0.1, 0.15) is 27.0 Å². The molecule has 120 valence electrons. The number of fused-ring (bicyclic) bond motifs is 1. The van der Waals surface area contributed by atoms with Crippen LogP contribution in [0.15, 0.2) is 48.8 Å². The van der Waals surface area contributed by atoms with E-state index in [0.29, 0.717) is 6.54 Å². The van der Waals surface area contributed by atoms with Crippen molar-refractivity contribution in [3.05, 3.63) is 71.0 Å². The fraction of sp³-hybridized carbons (Fsp3) is 0.200. The third kappa shape index (κ3) is 2.31. The van der Waals surface area contributed by atoms with E-state index in [1.807, 2.05) is 12.3 Å². The zero-order valence-corrected chi connectivity index (χ0v) is 13.8. The minimum absolute atomic E-state index is 0.00633. The molecule has 1 aromatic heterocycles. The number of rotatable bonds is 2. The van der Waals surface area contributed by atoms with Gasteiger partial charge in [0, 0.05) is 35.8 Å². The van der Waals surface area contributed by atoms with Crippen molar-refractivity contribution in [3.8, 4) is 17.1 Å². The number of carbonyl (C=O) groups is 1. The first-order chi connectivity index (χ1) is 11.6. The summed E-state index contributed by atoms with van der Waals surface area (Å²) in [4.78, 5) is 16.7. The van der Waals surface area contributed by atoms with Crippen LogP contribution in [0.5, 0.6) is 0 Å². The zero-order chi connectivity index (χ0) is 16.7. The van der Waals surface area contributed by atoms with Gasteiger partial charge in [-0.2, -0.15) is 0 Å². The Balaban J connectivity index is 1.87. The van der Waals surface area contributed by atoms with Gasteiger partial charge in [-0.25, -0.2) is 4.98 Å². The maximum Gasteiger partial charge on any atom is 0.251 e. The summed E-state index contributed by atoms with van der Waals surface area (Å²) in [5.41, 5.74) is 6.36. The highest BCUT2D eigenvalue weighted by molar-refractivity contribution is 5.97. The van der Waals surface area contributed by atoms with Crippen LogP contribution in [0.4, 0.5) is 0 Å². The number of benzene rings is 2. The quantitative estimate of drug-likeness (QED) is 0.787. The molecule has 0 saturated heterocycles. The maximum atomic E-state index is 12.1. The third-order valence-electron chi connectivity index (χ3n) is 4.64. The molecule has 0 aliphatic carbocycles. The first-order valence-electron chi connectivity index (χ1n) is 8.16. The van der Waals surface area contributed by atoms with Crippen molar-refractivity contribution < 1.29 is 4.79 Å².